The van der Waals surface area contributed by atoms with E-state index in [0.717, 1.165) is 64.3 Å². The summed E-state index contributed by atoms with van der Waals surface area (Å²) in [6, 6.07) is 4.34. The van der Waals surface area contributed by atoms with Crippen molar-refractivity contribution in [3.63, 3.8) is 0 Å². The maximum Gasteiger partial charge on any atom is 0.260 e. The monoisotopic (exact) mass is 510 g/mol. The van der Waals surface area contributed by atoms with Crippen LogP contribution >= 0.6 is 0 Å². The van der Waals surface area contributed by atoms with Crippen LogP contribution in [0.5, 0.6) is 5.75 Å². The van der Waals surface area contributed by atoms with Crippen molar-refractivity contribution in [2.45, 2.75) is 58.1 Å². The quantitative estimate of drug-likeness (QED) is 0.463. The van der Waals surface area contributed by atoms with Crippen molar-refractivity contribution in [2.24, 2.45) is 5.92 Å². The van der Waals surface area contributed by atoms with Gasteiger partial charge in [0.05, 0.1) is 5.39 Å². The zero-order valence-corrected chi connectivity index (χ0v) is 21.5. The molecule has 0 spiro atoms. The van der Waals surface area contributed by atoms with Gasteiger partial charge in [0, 0.05) is 50.3 Å². The molecule has 1 aromatic carbocycles. The molecule has 2 aromatic heterocycles. The summed E-state index contributed by atoms with van der Waals surface area (Å²) < 4.78 is 38.0. The standard InChI is InChI=1S/C29H36F2N4O2/c1-2-3-12-35-19-25(23-6-11-33-17-24(23)29(35)36)21-15-26(30)28(27(31)16-21)37-22-7-13-34(14-8-22)18-20-4-9-32-10-5-20/h6,11,15-17,19-20,22,32H,2-5,7-10,12-14,18H2,1H3. The molecule has 8 heteroatoms. The second-order valence-electron chi connectivity index (χ2n) is 10.4. The molecular weight excluding hydrogens is 474 g/mol. The Hall–Kier alpha value is -2.84. The van der Waals surface area contributed by atoms with Crippen molar-refractivity contribution in [2.75, 3.05) is 32.7 Å². The first-order valence-corrected chi connectivity index (χ1v) is 13.6. The molecule has 0 unspecified atom stereocenters. The van der Waals surface area contributed by atoms with Crippen molar-refractivity contribution < 1.29 is 13.5 Å². The lowest BCUT2D eigenvalue weighted by Gasteiger charge is -2.35. The van der Waals surface area contributed by atoms with Crippen molar-refractivity contribution in [3.05, 3.63) is 58.8 Å². The number of hydrogen-bond donors (Lipinski definition) is 1. The molecule has 6 nitrogen and oxygen atoms in total. The van der Waals surface area contributed by atoms with E-state index >= 15 is 8.78 Å². The van der Waals surface area contributed by atoms with Crippen LogP contribution in [-0.4, -0.2) is 53.3 Å². The molecule has 5 rings (SSSR count). The Kier molecular flexibility index (Phi) is 8.15. The maximum absolute atomic E-state index is 15.3. The van der Waals surface area contributed by atoms with Gasteiger partial charge in [-0.15, -0.1) is 0 Å². The number of fused-ring (bicyclic) bond motifs is 1. The molecule has 0 aliphatic carbocycles. The Morgan fingerprint density at radius 3 is 2.51 bits per heavy atom. The Labute approximate surface area is 216 Å². The number of hydrogen-bond acceptors (Lipinski definition) is 5. The van der Waals surface area contributed by atoms with E-state index in [2.05, 4.69) is 22.1 Å². The predicted octanol–water partition coefficient (Wildman–Crippen LogP) is 4.98. The van der Waals surface area contributed by atoms with Crippen LogP contribution in [0.25, 0.3) is 21.9 Å². The zero-order valence-electron chi connectivity index (χ0n) is 21.5. The average molecular weight is 511 g/mol. The first kappa shape index (κ1) is 25.8. The van der Waals surface area contributed by atoms with Crippen molar-refractivity contribution in [3.8, 4) is 16.9 Å². The fourth-order valence-electron chi connectivity index (χ4n) is 5.60. The Bertz CT molecular complexity index is 1260. The number of aryl methyl sites for hydroxylation is 1. The number of pyridine rings is 2. The molecule has 2 aliphatic rings. The molecule has 2 aliphatic heterocycles. The number of rotatable bonds is 8. The van der Waals surface area contributed by atoms with Gasteiger partial charge >= 0.3 is 0 Å². The molecule has 0 saturated carbocycles. The molecule has 2 fully saturated rings. The van der Waals surface area contributed by atoms with Gasteiger partial charge in [0.2, 0.25) is 0 Å². The molecule has 1 N–H and O–H groups in total. The van der Waals surface area contributed by atoms with Crippen LogP contribution in [0.3, 0.4) is 0 Å². The van der Waals surface area contributed by atoms with Crippen LogP contribution in [0, 0.1) is 17.6 Å². The van der Waals surface area contributed by atoms with E-state index in [4.69, 9.17) is 4.74 Å². The van der Waals surface area contributed by atoms with Gasteiger partial charge in [0.1, 0.15) is 6.10 Å². The predicted molar refractivity (Wildman–Crippen MR) is 142 cm³/mol. The van der Waals surface area contributed by atoms with Crippen LogP contribution in [0.2, 0.25) is 0 Å². The number of ether oxygens (including phenoxy) is 1. The molecule has 0 bridgehead atoms. The van der Waals surface area contributed by atoms with Crippen LogP contribution in [0.4, 0.5) is 8.78 Å². The van der Waals surface area contributed by atoms with Gasteiger partial charge in [-0.05, 0) is 80.3 Å². The number of nitrogens with one attached hydrogen (secondary N) is 1. The fourth-order valence-corrected chi connectivity index (χ4v) is 5.60. The van der Waals surface area contributed by atoms with Crippen LogP contribution in [0.15, 0.2) is 41.6 Å². The van der Waals surface area contributed by atoms with E-state index in [1.165, 1.54) is 31.2 Å². The molecule has 0 amide bonds. The van der Waals surface area contributed by atoms with Gasteiger partial charge < -0.3 is 19.5 Å². The lowest BCUT2D eigenvalue weighted by Crippen LogP contribution is -2.42. The van der Waals surface area contributed by atoms with Crippen LogP contribution in [0.1, 0.15) is 45.4 Å². The summed E-state index contributed by atoms with van der Waals surface area (Å²) in [4.78, 5) is 19.5. The highest BCUT2D eigenvalue weighted by molar-refractivity contribution is 5.95. The largest absolute Gasteiger partial charge is 0.484 e. The SMILES string of the molecule is CCCCn1cc(-c2cc(F)c(OC3CCN(CC4CCNCC4)CC3)c(F)c2)c2ccncc2c1=O. The molecule has 4 heterocycles. The van der Waals surface area contributed by atoms with E-state index in [9.17, 15) is 4.79 Å². The summed E-state index contributed by atoms with van der Waals surface area (Å²) in [6.45, 7) is 7.63. The number of benzene rings is 1. The second kappa shape index (κ2) is 11.7. The third-order valence-electron chi connectivity index (χ3n) is 7.74. The Balaban J connectivity index is 1.33. The zero-order chi connectivity index (χ0) is 25.8. The minimum atomic E-state index is -0.722. The summed E-state index contributed by atoms with van der Waals surface area (Å²) in [7, 11) is 0. The highest BCUT2D eigenvalue weighted by Gasteiger charge is 2.26. The van der Waals surface area contributed by atoms with Crippen LogP contribution < -0.4 is 15.6 Å². The maximum atomic E-state index is 15.3. The molecular formula is C29H36F2N4O2. The summed E-state index contributed by atoms with van der Waals surface area (Å²) in [5.74, 6) is -1.03. The lowest BCUT2D eigenvalue weighted by atomic mass is 9.96. The molecule has 37 heavy (non-hydrogen) atoms. The number of nitrogens with zero attached hydrogens (tertiary/aromatic N) is 3. The van der Waals surface area contributed by atoms with Gasteiger partial charge in [0.25, 0.3) is 5.56 Å². The highest BCUT2D eigenvalue weighted by Crippen LogP contribution is 2.33. The van der Waals surface area contributed by atoms with Crippen LogP contribution in [-0.2, 0) is 6.54 Å². The minimum absolute atomic E-state index is 0.146. The van der Waals surface area contributed by atoms with Crippen molar-refractivity contribution >= 4 is 10.8 Å². The van der Waals surface area contributed by atoms with Crippen molar-refractivity contribution in [1.82, 2.24) is 19.8 Å². The normalized spacial score (nSPS) is 17.9. The molecule has 2 saturated heterocycles. The second-order valence-corrected chi connectivity index (χ2v) is 10.4. The topological polar surface area (TPSA) is 59.4 Å². The van der Waals surface area contributed by atoms with Gasteiger partial charge in [-0.2, -0.15) is 0 Å². The third-order valence-corrected chi connectivity index (χ3v) is 7.74. The lowest BCUT2D eigenvalue weighted by molar-refractivity contribution is 0.0816. The molecule has 0 radical (unpaired) electrons. The van der Waals surface area contributed by atoms with Gasteiger partial charge in [-0.25, -0.2) is 8.78 Å². The first-order valence-electron chi connectivity index (χ1n) is 13.6. The number of unbranched alkanes of at least 4 members (excludes halogenated alkanes) is 1. The molecule has 198 valence electrons. The summed E-state index contributed by atoms with van der Waals surface area (Å²) >= 11 is 0. The highest BCUT2D eigenvalue weighted by atomic mass is 19.1. The minimum Gasteiger partial charge on any atom is -0.484 e. The summed E-state index contributed by atoms with van der Waals surface area (Å²) in [5.41, 5.74) is 0.831. The molecule has 3 aromatic rings. The average Bonchev–Trinajstić information content (AvgIpc) is 2.92. The Morgan fingerprint density at radius 2 is 1.81 bits per heavy atom. The Morgan fingerprint density at radius 1 is 1.08 bits per heavy atom. The van der Waals surface area contributed by atoms with E-state index in [0.29, 0.717) is 28.4 Å². The fraction of sp³-hybridized carbons (Fsp3) is 0.517. The number of halogens is 2. The summed E-state index contributed by atoms with van der Waals surface area (Å²) in [5, 5.41) is 4.47. The smallest absolute Gasteiger partial charge is 0.260 e. The number of piperidine rings is 2. The van der Waals surface area contributed by atoms with E-state index in [1.54, 1.807) is 23.0 Å². The van der Waals surface area contributed by atoms with Gasteiger partial charge in [0.15, 0.2) is 17.4 Å². The van der Waals surface area contributed by atoms with Gasteiger partial charge in [-0.3, -0.25) is 9.78 Å². The number of aromatic nitrogens is 2. The number of likely N-dealkylation sites (tertiary alicyclic amines) is 1. The van der Waals surface area contributed by atoms with E-state index in [-0.39, 0.29) is 17.4 Å². The summed E-state index contributed by atoms with van der Waals surface area (Å²) in [6.07, 6.45) is 10.3. The van der Waals surface area contributed by atoms with E-state index in [1.807, 2.05) is 0 Å². The molecule has 0 atom stereocenters. The first-order chi connectivity index (χ1) is 18.0. The van der Waals surface area contributed by atoms with Crippen molar-refractivity contribution in [1.29, 1.82) is 0 Å². The van der Waals surface area contributed by atoms with E-state index < -0.39 is 11.6 Å². The van der Waals surface area contributed by atoms with Gasteiger partial charge in [-0.1, -0.05) is 13.3 Å². The third kappa shape index (κ3) is 5.85.